The third kappa shape index (κ3) is 12.0. The summed E-state index contributed by atoms with van der Waals surface area (Å²) in [6, 6.07) is 0. The van der Waals surface area contributed by atoms with Crippen LogP contribution in [0.15, 0.2) is 36.0 Å². The highest BCUT2D eigenvalue weighted by Gasteiger charge is 2.47. The van der Waals surface area contributed by atoms with Gasteiger partial charge in [0.1, 0.15) is 11.7 Å². The number of carbonyl (C=O) groups excluding carboxylic acids is 2. The molecular formula is C36H60N2O9. The minimum Gasteiger partial charge on any atom is -0.457 e. The lowest BCUT2D eigenvalue weighted by atomic mass is 9.88. The predicted octanol–water partition coefficient (Wildman–Crippen LogP) is 3.74. The van der Waals surface area contributed by atoms with Crippen LogP contribution in [0, 0.1) is 11.8 Å². The van der Waals surface area contributed by atoms with Crippen LogP contribution in [0.3, 0.4) is 0 Å². The molecule has 2 fully saturated rings. The van der Waals surface area contributed by atoms with Gasteiger partial charge in [-0.2, -0.15) is 0 Å². The lowest BCUT2D eigenvalue weighted by molar-refractivity contribution is -0.151. The summed E-state index contributed by atoms with van der Waals surface area (Å²) in [5.74, 6) is -0.941. The quantitative estimate of drug-likeness (QED) is 0.111. The second kappa shape index (κ2) is 17.4. The van der Waals surface area contributed by atoms with Gasteiger partial charge in [-0.05, 0) is 64.6 Å². The summed E-state index contributed by atoms with van der Waals surface area (Å²) in [6.45, 7) is 16.6. The van der Waals surface area contributed by atoms with Crippen LogP contribution in [0.2, 0.25) is 0 Å². The molecule has 0 aromatic rings. The highest BCUT2D eigenvalue weighted by Crippen LogP contribution is 2.37. The number of aliphatic hydroxyl groups excluding tert-OH is 2. The van der Waals surface area contributed by atoms with Crippen LogP contribution in [0.4, 0.5) is 4.79 Å². The largest absolute Gasteiger partial charge is 0.457 e. The van der Waals surface area contributed by atoms with Crippen molar-refractivity contribution in [1.82, 2.24) is 9.80 Å². The number of cyclic esters (lactones) is 1. The number of hydrogen-bond donors (Lipinski definition) is 4. The van der Waals surface area contributed by atoms with Gasteiger partial charge in [0.25, 0.3) is 0 Å². The molecular weight excluding hydrogens is 604 g/mol. The van der Waals surface area contributed by atoms with E-state index in [1.54, 1.807) is 49.1 Å². The normalized spacial score (nSPS) is 34.8. The Bertz CT molecular complexity index is 1110. The second-order valence-electron chi connectivity index (χ2n) is 14.3. The number of allylic oxidation sites excluding steroid dienone is 2. The summed E-state index contributed by atoms with van der Waals surface area (Å²) in [6.07, 6.45) is 6.81. The fourth-order valence-corrected chi connectivity index (χ4v) is 6.46. The van der Waals surface area contributed by atoms with E-state index in [2.05, 4.69) is 11.8 Å². The fourth-order valence-electron chi connectivity index (χ4n) is 6.46. The van der Waals surface area contributed by atoms with Crippen molar-refractivity contribution >= 4 is 12.1 Å². The minimum atomic E-state index is -1.48. The van der Waals surface area contributed by atoms with Gasteiger partial charge >= 0.3 is 12.1 Å². The molecule has 268 valence electrons. The third-order valence-electron chi connectivity index (χ3n) is 9.77. The van der Waals surface area contributed by atoms with Crippen LogP contribution >= 0.6 is 0 Å². The topological polar surface area (TPSA) is 153 Å². The molecule has 2 saturated heterocycles. The molecule has 1 amide bonds. The van der Waals surface area contributed by atoms with Crippen LogP contribution < -0.4 is 0 Å². The Morgan fingerprint density at radius 2 is 1.91 bits per heavy atom. The molecule has 3 rings (SSSR count). The SMILES string of the molecule is CCCN1CCN(C(=O)OC2/C=C/C(C)C(/C(C)=C/C=C/C(C)(O)CC3OC3C(C)C(O)CC)OC(=O)CC(O)CCC2(C)O)CC1. The van der Waals surface area contributed by atoms with Gasteiger partial charge in [-0.25, -0.2) is 4.79 Å². The Hall–Kier alpha value is -2.28. The van der Waals surface area contributed by atoms with E-state index in [-0.39, 0.29) is 43.3 Å². The van der Waals surface area contributed by atoms with Crippen molar-refractivity contribution in [2.75, 3.05) is 32.7 Å². The average molecular weight is 665 g/mol. The number of piperazine rings is 1. The Kier molecular flexibility index (Phi) is 14.5. The molecule has 3 aliphatic rings. The second-order valence-corrected chi connectivity index (χ2v) is 14.3. The number of hydrogen-bond acceptors (Lipinski definition) is 10. The van der Waals surface area contributed by atoms with Crippen LogP contribution in [-0.2, 0) is 19.0 Å². The van der Waals surface area contributed by atoms with Crippen LogP contribution in [-0.4, -0.2) is 123 Å². The number of epoxide rings is 1. The first-order valence-corrected chi connectivity index (χ1v) is 17.4. The Balaban J connectivity index is 1.73. The molecule has 0 spiro atoms. The molecule has 0 aromatic carbocycles. The van der Waals surface area contributed by atoms with E-state index >= 15 is 0 Å². The van der Waals surface area contributed by atoms with Gasteiger partial charge in [0.05, 0.1) is 36.4 Å². The summed E-state index contributed by atoms with van der Waals surface area (Å²) in [5.41, 5.74) is -1.93. The van der Waals surface area contributed by atoms with E-state index < -0.39 is 47.7 Å². The molecule has 3 heterocycles. The zero-order chi connectivity index (χ0) is 34.9. The molecule has 0 aliphatic carbocycles. The van der Waals surface area contributed by atoms with E-state index in [0.717, 1.165) is 26.1 Å². The Morgan fingerprint density at radius 1 is 1.23 bits per heavy atom. The zero-order valence-electron chi connectivity index (χ0n) is 29.5. The molecule has 4 N–H and O–H groups in total. The fraction of sp³-hybridized carbons (Fsp3) is 0.778. The van der Waals surface area contributed by atoms with E-state index in [4.69, 9.17) is 14.2 Å². The highest BCUT2D eigenvalue weighted by atomic mass is 16.6. The number of carbonyl (C=O) groups is 2. The van der Waals surface area contributed by atoms with E-state index in [0.29, 0.717) is 31.5 Å². The maximum absolute atomic E-state index is 13.2. The van der Waals surface area contributed by atoms with E-state index in [1.807, 2.05) is 27.7 Å². The first-order valence-electron chi connectivity index (χ1n) is 17.4. The van der Waals surface area contributed by atoms with Crippen molar-refractivity contribution < 1.29 is 44.2 Å². The number of nitrogens with zero attached hydrogens (tertiary/aromatic N) is 2. The standard InChI is InChI=1S/C36H60N2O9/c1-8-17-37-18-20-38(21-19-37)34(42)46-30-13-12-25(4)32(47-31(41)22-27(39)14-16-36(30,7)44)24(3)11-10-15-35(6,43)23-29-33(45-29)26(5)28(40)9-2/h10-13,15,25-30,32-33,39-40,43-44H,8-9,14,16-23H2,1-7H3/b13-12+,15-10+,24-11+. The van der Waals surface area contributed by atoms with Gasteiger partial charge in [0, 0.05) is 44.4 Å². The van der Waals surface area contributed by atoms with Crippen molar-refractivity contribution in [3.8, 4) is 0 Å². The monoisotopic (exact) mass is 664 g/mol. The molecule has 10 atom stereocenters. The molecule has 0 saturated carbocycles. The average Bonchev–Trinajstić information content (AvgIpc) is 3.77. The Morgan fingerprint density at radius 3 is 2.55 bits per heavy atom. The van der Waals surface area contributed by atoms with Gasteiger partial charge < -0.3 is 39.5 Å². The van der Waals surface area contributed by atoms with Crippen molar-refractivity contribution in [2.45, 2.75) is 135 Å². The van der Waals surface area contributed by atoms with Crippen LogP contribution in [0.1, 0.15) is 87.0 Å². The van der Waals surface area contributed by atoms with Gasteiger partial charge in [-0.15, -0.1) is 0 Å². The van der Waals surface area contributed by atoms with Crippen molar-refractivity contribution in [3.63, 3.8) is 0 Å². The molecule has 0 aromatic heterocycles. The zero-order valence-corrected chi connectivity index (χ0v) is 29.5. The first kappa shape index (κ1) is 39.2. The smallest absolute Gasteiger partial charge is 0.410 e. The van der Waals surface area contributed by atoms with Crippen molar-refractivity contribution in [1.29, 1.82) is 0 Å². The highest BCUT2D eigenvalue weighted by molar-refractivity contribution is 5.70. The molecule has 0 radical (unpaired) electrons. The molecule has 10 unspecified atom stereocenters. The lowest BCUT2D eigenvalue weighted by Crippen LogP contribution is -2.51. The predicted molar refractivity (Wildman–Crippen MR) is 179 cm³/mol. The van der Waals surface area contributed by atoms with Crippen molar-refractivity contribution in [3.05, 3.63) is 36.0 Å². The molecule has 11 nitrogen and oxygen atoms in total. The maximum atomic E-state index is 13.2. The maximum Gasteiger partial charge on any atom is 0.410 e. The van der Waals surface area contributed by atoms with Gasteiger partial charge in [0.15, 0.2) is 6.10 Å². The van der Waals surface area contributed by atoms with Crippen LogP contribution in [0.5, 0.6) is 0 Å². The Labute approximate surface area is 281 Å². The number of esters is 1. The summed E-state index contributed by atoms with van der Waals surface area (Å²) in [5, 5.41) is 43.2. The summed E-state index contributed by atoms with van der Waals surface area (Å²) in [7, 11) is 0. The minimum absolute atomic E-state index is 0.0103. The summed E-state index contributed by atoms with van der Waals surface area (Å²) >= 11 is 0. The number of aliphatic hydroxyl groups is 4. The molecule has 47 heavy (non-hydrogen) atoms. The molecule has 0 bridgehead atoms. The molecule has 3 aliphatic heterocycles. The molecule has 11 heteroatoms. The van der Waals surface area contributed by atoms with Crippen molar-refractivity contribution in [2.24, 2.45) is 11.8 Å². The number of rotatable bonds is 11. The van der Waals surface area contributed by atoms with E-state index in [9.17, 15) is 30.0 Å². The lowest BCUT2D eigenvalue weighted by Gasteiger charge is -2.37. The number of ether oxygens (including phenoxy) is 3. The van der Waals surface area contributed by atoms with Gasteiger partial charge in [-0.3, -0.25) is 9.69 Å². The van der Waals surface area contributed by atoms with Gasteiger partial charge in [-0.1, -0.05) is 52.0 Å². The first-order chi connectivity index (χ1) is 22.1. The third-order valence-corrected chi connectivity index (χ3v) is 9.77. The van der Waals surface area contributed by atoms with Crippen LogP contribution in [0.25, 0.3) is 0 Å². The summed E-state index contributed by atoms with van der Waals surface area (Å²) < 4.78 is 17.5. The number of amides is 1. The summed E-state index contributed by atoms with van der Waals surface area (Å²) in [4.78, 5) is 30.0. The van der Waals surface area contributed by atoms with Gasteiger partial charge in [0.2, 0.25) is 0 Å². The van der Waals surface area contributed by atoms with E-state index in [1.165, 1.54) is 0 Å².